The highest BCUT2D eigenvalue weighted by atomic mass is 35.5. The van der Waals surface area contributed by atoms with Crippen LogP contribution in [-0.2, 0) is 17.6 Å². The molecule has 0 unspecified atom stereocenters. The predicted octanol–water partition coefficient (Wildman–Crippen LogP) is 4.89. The molecule has 0 aromatic heterocycles. The maximum absolute atomic E-state index is 13.5. The van der Waals surface area contributed by atoms with E-state index in [1.54, 1.807) is 4.90 Å². The molecule has 0 aliphatic carbocycles. The Labute approximate surface area is 184 Å². The largest absolute Gasteiger partial charge is 0.354 e. The zero-order valence-corrected chi connectivity index (χ0v) is 18.8. The summed E-state index contributed by atoms with van der Waals surface area (Å²) in [7, 11) is 0. The van der Waals surface area contributed by atoms with Gasteiger partial charge in [-0.2, -0.15) is 0 Å². The van der Waals surface area contributed by atoms with Gasteiger partial charge in [0.15, 0.2) is 0 Å². The number of amides is 2. The van der Waals surface area contributed by atoms with Gasteiger partial charge in [0, 0.05) is 23.7 Å². The lowest BCUT2D eigenvalue weighted by Crippen LogP contribution is -2.59. The summed E-state index contributed by atoms with van der Waals surface area (Å²) in [6, 6.07) is 15.4. The minimum absolute atomic E-state index is 0.0691. The summed E-state index contributed by atoms with van der Waals surface area (Å²) in [6.45, 7) is 7.28. The minimum atomic E-state index is -0.889. The van der Waals surface area contributed by atoms with Gasteiger partial charge in [0.25, 0.3) is 5.91 Å². The molecule has 0 saturated heterocycles. The number of nitrogens with one attached hydrogen (secondary N) is 1. The maximum Gasteiger partial charge on any atom is 0.255 e. The lowest BCUT2D eigenvalue weighted by Gasteiger charge is -2.39. The van der Waals surface area contributed by atoms with Crippen LogP contribution in [0, 0.1) is 5.92 Å². The molecular weight excluding hydrogens is 396 g/mol. The molecule has 4 nitrogen and oxygen atoms in total. The van der Waals surface area contributed by atoms with E-state index >= 15 is 0 Å². The van der Waals surface area contributed by atoms with Gasteiger partial charge >= 0.3 is 0 Å². The Balaban J connectivity index is 1.86. The van der Waals surface area contributed by atoms with Crippen LogP contribution in [0.3, 0.4) is 0 Å². The Morgan fingerprint density at radius 3 is 2.57 bits per heavy atom. The van der Waals surface area contributed by atoms with Gasteiger partial charge in [0.1, 0.15) is 5.54 Å². The Morgan fingerprint density at radius 1 is 1.17 bits per heavy atom. The number of fused-ring (bicyclic) bond motifs is 1. The van der Waals surface area contributed by atoms with Crippen molar-refractivity contribution in [1.29, 1.82) is 0 Å². The summed E-state index contributed by atoms with van der Waals surface area (Å²) in [6.07, 6.45) is 2.89. The van der Waals surface area contributed by atoms with Gasteiger partial charge in [-0.1, -0.05) is 55.8 Å². The van der Waals surface area contributed by atoms with Crippen LogP contribution in [0.5, 0.6) is 0 Å². The maximum atomic E-state index is 13.5. The molecule has 1 aliphatic rings. The second-order valence-electron chi connectivity index (χ2n) is 8.70. The molecule has 2 aromatic rings. The van der Waals surface area contributed by atoms with E-state index in [2.05, 4.69) is 19.2 Å². The van der Waals surface area contributed by atoms with E-state index in [0.717, 1.165) is 17.5 Å². The van der Waals surface area contributed by atoms with Crippen LogP contribution in [0.4, 0.5) is 0 Å². The third kappa shape index (κ3) is 5.04. The molecule has 0 spiro atoms. The number of hydrogen-bond acceptors (Lipinski definition) is 2. The molecule has 0 bridgehead atoms. The van der Waals surface area contributed by atoms with E-state index in [9.17, 15) is 9.59 Å². The van der Waals surface area contributed by atoms with Gasteiger partial charge < -0.3 is 10.2 Å². The zero-order chi connectivity index (χ0) is 21.7. The molecule has 2 amide bonds. The van der Waals surface area contributed by atoms with Crippen LogP contribution in [0.2, 0.25) is 5.02 Å². The van der Waals surface area contributed by atoms with Crippen LogP contribution in [0.1, 0.15) is 55.1 Å². The molecule has 1 N–H and O–H groups in total. The molecule has 30 heavy (non-hydrogen) atoms. The highest BCUT2D eigenvalue weighted by molar-refractivity contribution is 6.30. The Kier molecular flexibility index (Phi) is 7.19. The van der Waals surface area contributed by atoms with E-state index in [-0.39, 0.29) is 11.8 Å². The number of nitrogens with zero attached hydrogens (tertiary/aromatic N) is 1. The number of benzene rings is 2. The monoisotopic (exact) mass is 426 g/mol. The van der Waals surface area contributed by atoms with Crippen molar-refractivity contribution in [1.82, 2.24) is 10.2 Å². The first kappa shape index (κ1) is 22.4. The minimum Gasteiger partial charge on any atom is -0.354 e. The fourth-order valence-corrected chi connectivity index (χ4v) is 4.10. The van der Waals surface area contributed by atoms with Crippen molar-refractivity contribution < 1.29 is 9.59 Å². The predicted molar refractivity (Wildman–Crippen MR) is 122 cm³/mol. The number of hydrogen-bond donors (Lipinski definition) is 1. The first-order chi connectivity index (χ1) is 14.3. The molecule has 0 saturated carbocycles. The summed E-state index contributed by atoms with van der Waals surface area (Å²) in [5.74, 6) is 0.373. The lowest BCUT2D eigenvalue weighted by atomic mass is 9.91. The number of carbonyl (C=O) groups is 2. The first-order valence-electron chi connectivity index (χ1n) is 10.7. The molecule has 2 aromatic carbocycles. The first-order valence-corrected chi connectivity index (χ1v) is 11.1. The standard InChI is InChI=1S/C25H31ClN2O2/c1-18(2)13-16-27-24(30)25(3)15-12-20-6-4-5-7-22(20)23(29)28(25)17-14-19-8-10-21(26)11-9-19/h4-11,18H,12-17H2,1-3H3,(H,27,30)/t25-/m1/s1. The molecule has 1 aliphatic heterocycles. The van der Waals surface area contributed by atoms with Crippen LogP contribution >= 0.6 is 11.6 Å². The van der Waals surface area contributed by atoms with Crippen molar-refractivity contribution >= 4 is 23.4 Å². The van der Waals surface area contributed by atoms with E-state index in [1.807, 2.05) is 55.5 Å². The quantitative estimate of drug-likeness (QED) is 0.685. The molecule has 0 radical (unpaired) electrons. The van der Waals surface area contributed by atoms with Crippen LogP contribution in [0.25, 0.3) is 0 Å². The normalized spacial score (nSPS) is 18.8. The van der Waals surface area contributed by atoms with Gasteiger partial charge in [-0.05, 0) is 67.9 Å². The third-order valence-corrected chi connectivity index (χ3v) is 6.26. The van der Waals surface area contributed by atoms with Crippen LogP contribution in [-0.4, -0.2) is 35.3 Å². The van der Waals surface area contributed by atoms with E-state index in [4.69, 9.17) is 11.6 Å². The average molecular weight is 427 g/mol. The van der Waals surface area contributed by atoms with Crippen molar-refractivity contribution in [2.45, 2.75) is 52.0 Å². The van der Waals surface area contributed by atoms with Gasteiger partial charge in [-0.3, -0.25) is 9.59 Å². The highest BCUT2D eigenvalue weighted by Crippen LogP contribution is 2.31. The van der Waals surface area contributed by atoms with Crippen LogP contribution < -0.4 is 5.32 Å². The smallest absolute Gasteiger partial charge is 0.255 e. The molecule has 1 atom stereocenters. The number of carbonyl (C=O) groups excluding carboxylic acids is 2. The molecular formula is C25H31ClN2O2. The molecule has 0 fully saturated rings. The second-order valence-corrected chi connectivity index (χ2v) is 9.14. The van der Waals surface area contributed by atoms with Crippen molar-refractivity contribution in [3.63, 3.8) is 0 Å². The Hall–Kier alpha value is -2.33. The van der Waals surface area contributed by atoms with E-state index in [0.29, 0.717) is 48.9 Å². The highest BCUT2D eigenvalue weighted by Gasteiger charge is 2.44. The number of halogens is 1. The molecule has 5 heteroatoms. The van der Waals surface area contributed by atoms with Gasteiger partial charge in [0.05, 0.1) is 0 Å². The summed E-state index contributed by atoms with van der Waals surface area (Å²) in [5.41, 5.74) is 1.91. The molecule has 1 heterocycles. The van der Waals surface area contributed by atoms with Gasteiger partial charge in [-0.15, -0.1) is 0 Å². The molecule has 160 valence electrons. The topological polar surface area (TPSA) is 49.4 Å². The lowest BCUT2D eigenvalue weighted by molar-refractivity contribution is -0.131. The second kappa shape index (κ2) is 9.65. The summed E-state index contributed by atoms with van der Waals surface area (Å²) < 4.78 is 0. The third-order valence-electron chi connectivity index (χ3n) is 6.00. The fraction of sp³-hybridized carbons (Fsp3) is 0.440. The Bertz CT molecular complexity index is 894. The SMILES string of the molecule is CC(C)CCNC(=O)[C@@]1(C)CCc2ccccc2C(=O)N1CCc1ccc(Cl)cc1. The summed E-state index contributed by atoms with van der Waals surface area (Å²) in [4.78, 5) is 28.6. The van der Waals surface area contributed by atoms with Crippen molar-refractivity contribution in [2.75, 3.05) is 13.1 Å². The average Bonchev–Trinajstić information content (AvgIpc) is 2.83. The van der Waals surface area contributed by atoms with E-state index < -0.39 is 5.54 Å². The van der Waals surface area contributed by atoms with Crippen molar-refractivity contribution in [3.05, 3.63) is 70.2 Å². The van der Waals surface area contributed by atoms with Crippen LogP contribution in [0.15, 0.2) is 48.5 Å². The number of rotatable bonds is 7. The van der Waals surface area contributed by atoms with E-state index in [1.165, 1.54) is 0 Å². The van der Waals surface area contributed by atoms with Gasteiger partial charge in [0.2, 0.25) is 5.91 Å². The Morgan fingerprint density at radius 2 is 1.87 bits per heavy atom. The summed E-state index contributed by atoms with van der Waals surface area (Å²) >= 11 is 6.00. The van der Waals surface area contributed by atoms with Crippen molar-refractivity contribution in [2.24, 2.45) is 5.92 Å². The number of aryl methyl sites for hydroxylation is 1. The van der Waals surface area contributed by atoms with Gasteiger partial charge in [-0.25, -0.2) is 0 Å². The summed E-state index contributed by atoms with van der Waals surface area (Å²) in [5, 5.41) is 3.77. The van der Waals surface area contributed by atoms with Crippen molar-refractivity contribution in [3.8, 4) is 0 Å². The zero-order valence-electron chi connectivity index (χ0n) is 18.1. The fourth-order valence-electron chi connectivity index (χ4n) is 3.97. The molecule has 3 rings (SSSR count).